The molecule has 1 fully saturated rings. The summed E-state index contributed by atoms with van der Waals surface area (Å²) in [6, 6.07) is 0. The van der Waals surface area contributed by atoms with Gasteiger partial charge in [-0.25, -0.2) is 9.67 Å². The summed E-state index contributed by atoms with van der Waals surface area (Å²) in [5.41, 5.74) is 0.922. The minimum absolute atomic E-state index is 0.0249. The van der Waals surface area contributed by atoms with Crippen molar-refractivity contribution in [3.05, 3.63) is 21.9 Å². The molecule has 0 radical (unpaired) electrons. The number of carbonyl (C=O) groups is 1. The Labute approximate surface area is 163 Å². The van der Waals surface area contributed by atoms with E-state index in [1.54, 1.807) is 16.0 Å². The second-order valence-electron chi connectivity index (χ2n) is 6.92. The number of hydrogen-bond donors (Lipinski definition) is 1. The minimum atomic E-state index is 0.0249. The lowest BCUT2D eigenvalue weighted by Crippen LogP contribution is -2.36. The zero-order chi connectivity index (χ0) is 19.1. The van der Waals surface area contributed by atoms with Crippen LogP contribution in [-0.4, -0.2) is 62.3 Å². The first-order chi connectivity index (χ1) is 13.1. The molecule has 1 N–H and O–H groups in total. The maximum atomic E-state index is 12.1. The van der Waals surface area contributed by atoms with Gasteiger partial charge in [0.15, 0.2) is 5.82 Å². The van der Waals surface area contributed by atoms with E-state index in [0.717, 1.165) is 42.8 Å². The molecule has 2 aromatic heterocycles. The molecule has 1 amide bonds. The molecule has 0 atom stereocenters. The molecule has 0 aliphatic carbocycles. The molecule has 1 aliphatic rings. The molecular weight excluding hydrogens is 366 g/mol. The van der Waals surface area contributed by atoms with Gasteiger partial charge in [0.1, 0.15) is 0 Å². The number of morpholine rings is 1. The summed E-state index contributed by atoms with van der Waals surface area (Å²) < 4.78 is 7.15. The highest BCUT2D eigenvalue weighted by Gasteiger charge is 2.15. The van der Waals surface area contributed by atoms with E-state index >= 15 is 0 Å². The number of carbonyl (C=O) groups excluding carboxylic acids is 1. The Morgan fingerprint density at radius 2 is 2.19 bits per heavy atom. The van der Waals surface area contributed by atoms with Crippen LogP contribution >= 0.6 is 11.3 Å². The monoisotopic (exact) mass is 393 g/mol. The number of ether oxygens (including phenoxy) is 1. The van der Waals surface area contributed by atoms with Crippen LogP contribution in [0, 0.1) is 0 Å². The van der Waals surface area contributed by atoms with Crippen molar-refractivity contribution in [1.29, 1.82) is 0 Å². The molecule has 0 bridgehead atoms. The second kappa shape index (κ2) is 9.86. The summed E-state index contributed by atoms with van der Waals surface area (Å²) in [6.45, 7) is 9.35. The predicted molar refractivity (Wildman–Crippen MR) is 101 cm³/mol. The Bertz CT molecular complexity index is 724. The van der Waals surface area contributed by atoms with Crippen molar-refractivity contribution in [2.45, 2.75) is 52.2 Å². The van der Waals surface area contributed by atoms with Crippen LogP contribution in [0.5, 0.6) is 0 Å². The van der Waals surface area contributed by atoms with Gasteiger partial charge in [0.2, 0.25) is 5.91 Å². The largest absolute Gasteiger partial charge is 0.379 e. The molecule has 0 aromatic carbocycles. The zero-order valence-electron chi connectivity index (χ0n) is 15.9. The van der Waals surface area contributed by atoms with Crippen LogP contribution in [0.25, 0.3) is 0 Å². The molecule has 3 rings (SSSR count). The summed E-state index contributed by atoms with van der Waals surface area (Å²) in [4.78, 5) is 18.9. The Morgan fingerprint density at radius 1 is 1.37 bits per heavy atom. The van der Waals surface area contributed by atoms with E-state index in [1.807, 2.05) is 5.38 Å². The van der Waals surface area contributed by atoms with Crippen LogP contribution in [0.15, 0.2) is 5.38 Å². The van der Waals surface area contributed by atoms with Gasteiger partial charge >= 0.3 is 0 Å². The number of nitrogens with zero attached hydrogens (tertiary/aromatic N) is 6. The fraction of sp³-hybridized carbons (Fsp3) is 0.706. The highest BCUT2D eigenvalue weighted by molar-refractivity contribution is 7.09. The minimum Gasteiger partial charge on any atom is -0.379 e. The maximum Gasteiger partial charge on any atom is 0.220 e. The van der Waals surface area contributed by atoms with Gasteiger partial charge in [-0.1, -0.05) is 13.8 Å². The van der Waals surface area contributed by atoms with Crippen LogP contribution in [0.4, 0.5) is 0 Å². The smallest absolute Gasteiger partial charge is 0.220 e. The standard InChI is InChI=1S/C17H27N7O2S/c1-13(2)17-19-14(12-27-17)10-18-16(25)4-3-5-24-15(20-21-22-24)11-23-6-8-26-9-7-23/h12-13H,3-11H2,1-2H3,(H,18,25). The molecule has 1 aliphatic heterocycles. The Hall–Kier alpha value is -1.91. The van der Waals surface area contributed by atoms with Crippen molar-refractivity contribution in [2.24, 2.45) is 0 Å². The Balaban J connectivity index is 1.38. The number of aryl methyl sites for hydroxylation is 1. The van der Waals surface area contributed by atoms with Gasteiger partial charge in [-0.2, -0.15) is 0 Å². The average molecular weight is 394 g/mol. The molecule has 148 valence electrons. The number of rotatable bonds is 9. The number of tetrazole rings is 1. The average Bonchev–Trinajstić information content (AvgIpc) is 3.31. The fourth-order valence-corrected chi connectivity index (χ4v) is 3.64. The molecule has 3 heterocycles. The van der Waals surface area contributed by atoms with Crippen molar-refractivity contribution in [2.75, 3.05) is 26.3 Å². The lowest BCUT2D eigenvalue weighted by Gasteiger charge is -2.25. The van der Waals surface area contributed by atoms with Crippen molar-refractivity contribution >= 4 is 17.2 Å². The first kappa shape index (κ1) is 19.8. The van der Waals surface area contributed by atoms with E-state index in [2.05, 4.69) is 44.6 Å². The molecule has 0 saturated carbocycles. The van der Waals surface area contributed by atoms with Gasteiger partial charge in [-0.3, -0.25) is 9.69 Å². The van der Waals surface area contributed by atoms with Crippen molar-refractivity contribution in [1.82, 2.24) is 35.4 Å². The first-order valence-electron chi connectivity index (χ1n) is 9.38. The number of hydrogen-bond acceptors (Lipinski definition) is 8. The lowest BCUT2D eigenvalue weighted by atomic mass is 10.2. The number of nitrogens with one attached hydrogen (secondary N) is 1. The first-order valence-corrected chi connectivity index (χ1v) is 10.3. The molecule has 10 heteroatoms. The van der Waals surface area contributed by atoms with Gasteiger partial charge in [-0.15, -0.1) is 16.4 Å². The summed E-state index contributed by atoms with van der Waals surface area (Å²) in [5, 5.41) is 18.0. The van der Waals surface area contributed by atoms with E-state index in [1.165, 1.54) is 0 Å². The summed E-state index contributed by atoms with van der Waals surface area (Å²) >= 11 is 1.64. The third kappa shape index (κ3) is 6.05. The van der Waals surface area contributed by atoms with Gasteiger partial charge in [0.25, 0.3) is 0 Å². The van der Waals surface area contributed by atoms with Gasteiger partial charge < -0.3 is 10.1 Å². The van der Waals surface area contributed by atoms with E-state index in [0.29, 0.717) is 38.4 Å². The van der Waals surface area contributed by atoms with Crippen LogP contribution in [0.3, 0.4) is 0 Å². The molecule has 9 nitrogen and oxygen atoms in total. The molecular formula is C17H27N7O2S. The van der Waals surface area contributed by atoms with E-state index in [9.17, 15) is 4.79 Å². The molecule has 0 unspecified atom stereocenters. The zero-order valence-corrected chi connectivity index (χ0v) is 16.7. The molecule has 27 heavy (non-hydrogen) atoms. The lowest BCUT2D eigenvalue weighted by molar-refractivity contribution is -0.121. The van der Waals surface area contributed by atoms with Crippen molar-refractivity contribution in [3.8, 4) is 0 Å². The predicted octanol–water partition coefficient (Wildman–Crippen LogP) is 1.18. The quantitative estimate of drug-likeness (QED) is 0.683. The third-order valence-electron chi connectivity index (χ3n) is 4.38. The Morgan fingerprint density at radius 3 is 2.93 bits per heavy atom. The molecule has 0 spiro atoms. The molecule has 1 saturated heterocycles. The van der Waals surface area contributed by atoms with E-state index in [4.69, 9.17) is 4.74 Å². The Kier molecular flexibility index (Phi) is 7.25. The van der Waals surface area contributed by atoms with Crippen LogP contribution < -0.4 is 5.32 Å². The van der Waals surface area contributed by atoms with Gasteiger partial charge in [0, 0.05) is 37.4 Å². The van der Waals surface area contributed by atoms with E-state index in [-0.39, 0.29) is 5.91 Å². The molecule has 2 aromatic rings. The highest BCUT2D eigenvalue weighted by Crippen LogP contribution is 2.18. The number of thiazole rings is 1. The maximum absolute atomic E-state index is 12.1. The number of aromatic nitrogens is 5. The highest BCUT2D eigenvalue weighted by atomic mass is 32.1. The normalized spacial score (nSPS) is 15.4. The topological polar surface area (TPSA) is 98.1 Å². The SMILES string of the molecule is CC(C)c1nc(CNC(=O)CCCn2nnnc2CN2CCOCC2)cs1. The number of amides is 1. The van der Waals surface area contributed by atoms with Gasteiger partial charge in [-0.05, 0) is 16.8 Å². The summed E-state index contributed by atoms with van der Waals surface area (Å²) in [5.74, 6) is 1.28. The van der Waals surface area contributed by atoms with Gasteiger partial charge in [0.05, 0.1) is 37.0 Å². The second-order valence-corrected chi connectivity index (χ2v) is 7.81. The third-order valence-corrected chi connectivity index (χ3v) is 5.57. The van der Waals surface area contributed by atoms with Crippen LogP contribution in [0.1, 0.15) is 49.1 Å². The van der Waals surface area contributed by atoms with Crippen molar-refractivity contribution in [3.63, 3.8) is 0 Å². The fourth-order valence-electron chi connectivity index (χ4n) is 2.81. The summed E-state index contributed by atoms with van der Waals surface area (Å²) in [7, 11) is 0. The summed E-state index contributed by atoms with van der Waals surface area (Å²) in [6.07, 6.45) is 1.14. The van der Waals surface area contributed by atoms with Crippen LogP contribution in [-0.2, 0) is 29.2 Å². The van der Waals surface area contributed by atoms with Crippen LogP contribution in [0.2, 0.25) is 0 Å². The van der Waals surface area contributed by atoms with Crippen molar-refractivity contribution < 1.29 is 9.53 Å². The van der Waals surface area contributed by atoms with E-state index < -0.39 is 0 Å².